The van der Waals surface area contributed by atoms with Crippen LogP contribution in [0.5, 0.6) is 0 Å². The smallest absolute Gasteiger partial charge is 0.322 e. The highest BCUT2D eigenvalue weighted by Crippen LogP contribution is 2.27. The molecule has 0 heterocycles. The number of methoxy groups -OCH3 is 1. The molecule has 0 bridgehead atoms. The Kier molecular flexibility index (Phi) is 5.09. The van der Waals surface area contributed by atoms with Gasteiger partial charge < -0.3 is 10.1 Å². The fraction of sp³-hybridized carbons (Fsp3) is 0.917. The Morgan fingerprint density at radius 1 is 1.40 bits per heavy atom. The van der Waals surface area contributed by atoms with E-state index < -0.39 is 0 Å². The van der Waals surface area contributed by atoms with Crippen LogP contribution in [0.1, 0.15) is 39.5 Å². The van der Waals surface area contributed by atoms with Gasteiger partial charge in [-0.3, -0.25) is 4.79 Å². The molecule has 0 aliphatic heterocycles. The molecule has 0 aromatic carbocycles. The van der Waals surface area contributed by atoms with Crippen molar-refractivity contribution in [3.8, 4) is 0 Å². The highest BCUT2D eigenvalue weighted by molar-refractivity contribution is 5.75. The molecule has 0 amide bonds. The molecule has 1 aliphatic carbocycles. The van der Waals surface area contributed by atoms with Crippen LogP contribution in [0.4, 0.5) is 0 Å². The summed E-state index contributed by atoms with van der Waals surface area (Å²) in [6.07, 6.45) is 5.25. The summed E-state index contributed by atoms with van der Waals surface area (Å²) in [6, 6.07) is -0.172. The van der Waals surface area contributed by atoms with E-state index >= 15 is 0 Å². The first-order valence-corrected chi connectivity index (χ1v) is 5.94. The van der Waals surface area contributed by atoms with Crippen LogP contribution in [-0.4, -0.2) is 25.7 Å². The van der Waals surface area contributed by atoms with E-state index in [1.54, 1.807) is 0 Å². The highest BCUT2D eigenvalue weighted by atomic mass is 16.5. The summed E-state index contributed by atoms with van der Waals surface area (Å²) < 4.78 is 4.67. The van der Waals surface area contributed by atoms with Crippen LogP contribution in [0.2, 0.25) is 0 Å². The molecule has 0 radical (unpaired) electrons. The lowest BCUT2D eigenvalue weighted by atomic mass is 9.83. The van der Waals surface area contributed by atoms with E-state index in [1.165, 1.54) is 32.8 Å². The number of hydrogen-bond donors (Lipinski definition) is 1. The van der Waals surface area contributed by atoms with Crippen LogP contribution in [0, 0.1) is 11.8 Å². The average Bonchev–Trinajstić information content (AvgIpc) is 2.26. The lowest BCUT2D eigenvalue weighted by Crippen LogP contribution is -2.38. The van der Waals surface area contributed by atoms with E-state index in [4.69, 9.17) is 0 Å². The molecule has 1 fully saturated rings. The molecule has 3 heteroatoms. The van der Waals surface area contributed by atoms with Crippen LogP contribution in [0.25, 0.3) is 0 Å². The van der Waals surface area contributed by atoms with Crippen molar-refractivity contribution in [2.24, 2.45) is 11.8 Å². The maximum Gasteiger partial charge on any atom is 0.322 e. The zero-order valence-electron chi connectivity index (χ0n) is 10.1. The third-order valence-corrected chi connectivity index (χ3v) is 3.40. The molecule has 0 spiro atoms. The molecule has 15 heavy (non-hydrogen) atoms. The molecule has 1 rings (SSSR count). The van der Waals surface area contributed by atoms with Crippen molar-refractivity contribution in [2.45, 2.75) is 45.6 Å². The fourth-order valence-electron chi connectivity index (χ4n) is 2.14. The lowest BCUT2D eigenvalue weighted by Gasteiger charge is -2.27. The van der Waals surface area contributed by atoms with Crippen LogP contribution >= 0.6 is 0 Å². The second-order valence-electron chi connectivity index (χ2n) is 4.78. The predicted octanol–water partition coefficient (Wildman–Crippen LogP) is 1.96. The maximum atomic E-state index is 11.2. The standard InChI is InChI=1S/C12H23NO2/c1-9-4-6-11(7-5-9)8-13-10(2)12(14)15-3/h9-11,13H,4-8H2,1-3H3. The van der Waals surface area contributed by atoms with E-state index in [-0.39, 0.29) is 12.0 Å². The third kappa shape index (κ3) is 4.20. The van der Waals surface area contributed by atoms with Gasteiger partial charge in [-0.15, -0.1) is 0 Å². The van der Waals surface area contributed by atoms with Crippen molar-refractivity contribution in [3.63, 3.8) is 0 Å². The minimum Gasteiger partial charge on any atom is -0.468 e. The molecule has 1 N–H and O–H groups in total. The zero-order valence-corrected chi connectivity index (χ0v) is 10.1. The van der Waals surface area contributed by atoms with E-state index in [1.807, 2.05) is 6.92 Å². The van der Waals surface area contributed by atoms with Crippen molar-refractivity contribution in [3.05, 3.63) is 0 Å². The lowest BCUT2D eigenvalue weighted by molar-refractivity contribution is -0.142. The number of ether oxygens (including phenoxy) is 1. The molecule has 1 atom stereocenters. The van der Waals surface area contributed by atoms with Crippen LogP contribution < -0.4 is 5.32 Å². The summed E-state index contributed by atoms with van der Waals surface area (Å²) in [4.78, 5) is 11.2. The molecule has 88 valence electrons. The SMILES string of the molecule is COC(=O)C(C)NCC1CCC(C)CC1. The van der Waals surface area contributed by atoms with E-state index in [2.05, 4.69) is 17.0 Å². The summed E-state index contributed by atoms with van der Waals surface area (Å²) in [5, 5.41) is 3.24. The summed E-state index contributed by atoms with van der Waals surface area (Å²) >= 11 is 0. The van der Waals surface area contributed by atoms with Gasteiger partial charge in [-0.1, -0.05) is 19.8 Å². The van der Waals surface area contributed by atoms with E-state index in [0.717, 1.165) is 18.4 Å². The first kappa shape index (κ1) is 12.5. The Labute approximate surface area is 92.6 Å². The Morgan fingerprint density at radius 2 is 2.00 bits per heavy atom. The molecule has 0 aromatic rings. The van der Waals surface area contributed by atoms with Gasteiger partial charge in [0.05, 0.1) is 7.11 Å². The molecular weight excluding hydrogens is 190 g/mol. The molecule has 0 saturated heterocycles. The van der Waals surface area contributed by atoms with Crippen molar-refractivity contribution < 1.29 is 9.53 Å². The minimum atomic E-state index is -0.172. The van der Waals surface area contributed by atoms with Gasteiger partial charge in [-0.25, -0.2) is 0 Å². The van der Waals surface area contributed by atoms with Gasteiger partial charge in [0.1, 0.15) is 6.04 Å². The number of carbonyl (C=O) groups is 1. The number of rotatable bonds is 4. The Hall–Kier alpha value is -0.570. The second kappa shape index (κ2) is 6.11. The van der Waals surface area contributed by atoms with Crippen molar-refractivity contribution in [2.75, 3.05) is 13.7 Å². The van der Waals surface area contributed by atoms with Crippen LogP contribution in [-0.2, 0) is 9.53 Å². The van der Waals surface area contributed by atoms with Gasteiger partial charge in [0, 0.05) is 0 Å². The van der Waals surface area contributed by atoms with Crippen molar-refractivity contribution in [1.82, 2.24) is 5.32 Å². The summed E-state index contributed by atoms with van der Waals surface area (Å²) in [7, 11) is 1.43. The quantitative estimate of drug-likeness (QED) is 0.726. The fourth-order valence-corrected chi connectivity index (χ4v) is 2.14. The highest BCUT2D eigenvalue weighted by Gasteiger charge is 2.20. The van der Waals surface area contributed by atoms with Crippen molar-refractivity contribution in [1.29, 1.82) is 0 Å². The zero-order chi connectivity index (χ0) is 11.3. The van der Waals surface area contributed by atoms with Gasteiger partial charge in [0.25, 0.3) is 0 Å². The van der Waals surface area contributed by atoms with Gasteiger partial charge in [0.15, 0.2) is 0 Å². The molecule has 3 nitrogen and oxygen atoms in total. The topological polar surface area (TPSA) is 38.3 Å². The first-order chi connectivity index (χ1) is 7.13. The van der Waals surface area contributed by atoms with E-state index in [0.29, 0.717) is 0 Å². The Morgan fingerprint density at radius 3 is 2.53 bits per heavy atom. The monoisotopic (exact) mass is 213 g/mol. The largest absolute Gasteiger partial charge is 0.468 e. The first-order valence-electron chi connectivity index (χ1n) is 5.94. The number of hydrogen-bond acceptors (Lipinski definition) is 3. The van der Waals surface area contributed by atoms with E-state index in [9.17, 15) is 4.79 Å². The summed E-state index contributed by atoms with van der Waals surface area (Å²) in [6.45, 7) is 5.13. The summed E-state index contributed by atoms with van der Waals surface area (Å²) in [5.74, 6) is 1.46. The van der Waals surface area contributed by atoms with Crippen LogP contribution in [0.3, 0.4) is 0 Å². The molecular formula is C12H23NO2. The Bertz CT molecular complexity index is 198. The molecule has 1 saturated carbocycles. The maximum absolute atomic E-state index is 11.2. The van der Waals surface area contributed by atoms with Gasteiger partial charge >= 0.3 is 5.97 Å². The normalized spacial score (nSPS) is 28.5. The summed E-state index contributed by atoms with van der Waals surface area (Å²) in [5.41, 5.74) is 0. The van der Waals surface area contributed by atoms with Crippen molar-refractivity contribution >= 4 is 5.97 Å². The van der Waals surface area contributed by atoms with Gasteiger partial charge in [0.2, 0.25) is 0 Å². The molecule has 0 aromatic heterocycles. The average molecular weight is 213 g/mol. The third-order valence-electron chi connectivity index (χ3n) is 3.40. The van der Waals surface area contributed by atoms with Gasteiger partial charge in [-0.05, 0) is 38.1 Å². The van der Waals surface area contributed by atoms with Gasteiger partial charge in [-0.2, -0.15) is 0 Å². The number of carbonyl (C=O) groups excluding carboxylic acids is 1. The predicted molar refractivity (Wildman–Crippen MR) is 60.6 cm³/mol. The number of esters is 1. The minimum absolute atomic E-state index is 0.167. The second-order valence-corrected chi connectivity index (χ2v) is 4.78. The Balaban J connectivity index is 2.17. The molecule has 1 aliphatic rings. The van der Waals surface area contributed by atoms with Crippen LogP contribution in [0.15, 0.2) is 0 Å². The molecule has 1 unspecified atom stereocenters. The number of nitrogens with one attached hydrogen (secondary N) is 1.